The van der Waals surface area contributed by atoms with Crippen molar-refractivity contribution in [3.8, 4) is 5.75 Å². The van der Waals surface area contributed by atoms with E-state index >= 15 is 0 Å². The molecule has 0 aromatic heterocycles. The van der Waals surface area contributed by atoms with E-state index in [0.717, 1.165) is 0 Å². The van der Waals surface area contributed by atoms with Crippen LogP contribution in [0, 0.1) is 5.82 Å². The molecule has 0 aliphatic heterocycles. The summed E-state index contributed by atoms with van der Waals surface area (Å²) in [5.41, 5.74) is 4.56. The van der Waals surface area contributed by atoms with E-state index in [4.69, 9.17) is 16.3 Å². The molecule has 0 saturated heterocycles. The van der Waals surface area contributed by atoms with Crippen molar-refractivity contribution in [1.29, 1.82) is 0 Å². The lowest BCUT2D eigenvalue weighted by Crippen LogP contribution is -2.50. The maximum absolute atomic E-state index is 12.8. The van der Waals surface area contributed by atoms with Crippen LogP contribution in [0.1, 0.15) is 17.3 Å². The summed E-state index contributed by atoms with van der Waals surface area (Å²) >= 11 is 5.89. The Morgan fingerprint density at radius 3 is 2.41 bits per heavy atom. The number of halogens is 2. The largest absolute Gasteiger partial charge is 0.481 e. The summed E-state index contributed by atoms with van der Waals surface area (Å²) in [6.45, 7) is 1.10. The van der Waals surface area contributed by atoms with Gasteiger partial charge in [-0.2, -0.15) is 0 Å². The van der Waals surface area contributed by atoms with Crippen molar-refractivity contribution in [3.63, 3.8) is 0 Å². The lowest BCUT2D eigenvalue weighted by molar-refractivity contribution is -0.132. The zero-order chi connectivity index (χ0) is 19.8. The minimum absolute atomic E-state index is 0.234. The molecule has 0 heterocycles. The van der Waals surface area contributed by atoms with Crippen LogP contribution in [0.2, 0.25) is 5.02 Å². The fourth-order valence-electron chi connectivity index (χ4n) is 1.95. The number of carbonyl (C=O) groups excluding carboxylic acids is 3. The number of ether oxygens (including phenoxy) is 1. The highest BCUT2D eigenvalue weighted by molar-refractivity contribution is 6.33. The van der Waals surface area contributed by atoms with Gasteiger partial charge in [0.15, 0.2) is 6.10 Å². The molecule has 2 aromatic carbocycles. The zero-order valence-corrected chi connectivity index (χ0v) is 15.0. The minimum atomic E-state index is -0.937. The average Bonchev–Trinajstić information content (AvgIpc) is 2.66. The van der Waals surface area contributed by atoms with Crippen LogP contribution in [0.3, 0.4) is 0 Å². The Kier molecular flexibility index (Phi) is 7.13. The molecule has 27 heavy (non-hydrogen) atoms. The summed E-state index contributed by atoms with van der Waals surface area (Å²) in [6.07, 6.45) is -0.937. The van der Waals surface area contributed by atoms with Gasteiger partial charge in [0.05, 0.1) is 17.1 Å². The second-order valence-electron chi connectivity index (χ2n) is 5.41. The van der Waals surface area contributed by atoms with E-state index in [9.17, 15) is 18.8 Å². The molecule has 0 saturated carbocycles. The normalized spacial score (nSPS) is 11.2. The van der Waals surface area contributed by atoms with Crippen molar-refractivity contribution in [3.05, 3.63) is 64.9 Å². The third kappa shape index (κ3) is 6.27. The monoisotopic (exact) mass is 393 g/mol. The van der Waals surface area contributed by atoms with Crippen molar-refractivity contribution in [2.45, 2.75) is 13.0 Å². The summed E-state index contributed by atoms with van der Waals surface area (Å²) in [5, 5.41) is 2.64. The van der Waals surface area contributed by atoms with Gasteiger partial charge in [-0.05, 0) is 43.3 Å². The quantitative estimate of drug-likeness (QED) is 0.652. The molecular weight excluding hydrogens is 377 g/mol. The van der Waals surface area contributed by atoms with Crippen molar-refractivity contribution < 1.29 is 23.5 Å². The highest BCUT2D eigenvalue weighted by Gasteiger charge is 2.16. The van der Waals surface area contributed by atoms with Crippen molar-refractivity contribution in [1.82, 2.24) is 16.2 Å². The van der Waals surface area contributed by atoms with Gasteiger partial charge < -0.3 is 10.1 Å². The molecule has 1 atom stereocenters. The summed E-state index contributed by atoms with van der Waals surface area (Å²) in [5.74, 6) is -1.90. The second kappa shape index (κ2) is 9.54. The van der Waals surface area contributed by atoms with Crippen molar-refractivity contribution in [2.24, 2.45) is 0 Å². The number of carbonyl (C=O) groups is 3. The van der Waals surface area contributed by atoms with Gasteiger partial charge >= 0.3 is 0 Å². The Bertz CT molecular complexity index is 830. The summed E-state index contributed by atoms with van der Waals surface area (Å²) in [6, 6.07) is 11.5. The lowest BCUT2D eigenvalue weighted by Gasteiger charge is -2.15. The standard InChI is InChI=1S/C18H17ClFN3O4/c1-11(27-13-8-6-12(20)7-9-13)17(25)23-22-16(24)10-21-18(26)14-4-2-3-5-15(14)19/h2-9,11H,10H2,1H3,(H,21,26)(H,22,24)(H,23,25)/t11-/m1/s1. The predicted molar refractivity (Wildman–Crippen MR) is 96.6 cm³/mol. The number of hydrazine groups is 1. The molecule has 0 fully saturated rings. The minimum Gasteiger partial charge on any atom is -0.481 e. The number of amides is 3. The molecule has 3 amide bonds. The number of nitrogens with one attached hydrogen (secondary N) is 3. The van der Waals surface area contributed by atoms with Crippen molar-refractivity contribution >= 4 is 29.3 Å². The van der Waals surface area contributed by atoms with Gasteiger partial charge in [0.25, 0.3) is 17.7 Å². The van der Waals surface area contributed by atoms with Gasteiger partial charge in [0.1, 0.15) is 11.6 Å². The van der Waals surface area contributed by atoms with Gasteiger partial charge in [-0.3, -0.25) is 25.2 Å². The molecule has 0 aliphatic rings. The van der Waals surface area contributed by atoms with Crippen LogP contribution >= 0.6 is 11.6 Å². The van der Waals surface area contributed by atoms with Crippen LogP contribution in [0.25, 0.3) is 0 Å². The topological polar surface area (TPSA) is 96.5 Å². The van der Waals surface area contributed by atoms with E-state index in [-0.39, 0.29) is 17.1 Å². The van der Waals surface area contributed by atoms with Crippen LogP contribution in [0.4, 0.5) is 4.39 Å². The van der Waals surface area contributed by atoms with E-state index < -0.39 is 29.6 Å². The summed E-state index contributed by atoms with van der Waals surface area (Å²) < 4.78 is 18.2. The fourth-order valence-corrected chi connectivity index (χ4v) is 2.17. The Labute approximate surface area is 159 Å². The Hall–Kier alpha value is -3.13. The number of hydrogen-bond donors (Lipinski definition) is 3. The van der Waals surface area contributed by atoms with Gasteiger partial charge in [-0.15, -0.1) is 0 Å². The summed E-state index contributed by atoms with van der Waals surface area (Å²) in [4.78, 5) is 35.6. The maximum Gasteiger partial charge on any atom is 0.279 e. The van der Waals surface area contributed by atoms with Gasteiger partial charge in [0, 0.05) is 0 Å². The second-order valence-corrected chi connectivity index (χ2v) is 5.82. The van der Waals surface area contributed by atoms with Crippen LogP contribution in [0.15, 0.2) is 48.5 Å². The van der Waals surface area contributed by atoms with Crippen LogP contribution in [-0.4, -0.2) is 30.4 Å². The predicted octanol–water partition coefficient (Wildman–Crippen LogP) is 1.82. The molecule has 0 radical (unpaired) electrons. The average molecular weight is 394 g/mol. The lowest BCUT2D eigenvalue weighted by atomic mass is 10.2. The molecule has 9 heteroatoms. The summed E-state index contributed by atoms with van der Waals surface area (Å²) in [7, 11) is 0. The molecule has 0 unspecified atom stereocenters. The third-order valence-corrected chi connectivity index (χ3v) is 3.68. The van der Waals surface area contributed by atoms with Gasteiger partial charge in [-0.1, -0.05) is 23.7 Å². The van der Waals surface area contributed by atoms with E-state index in [2.05, 4.69) is 16.2 Å². The molecule has 142 valence electrons. The Morgan fingerprint density at radius 1 is 1.07 bits per heavy atom. The highest BCUT2D eigenvalue weighted by Crippen LogP contribution is 2.14. The van der Waals surface area contributed by atoms with E-state index in [1.165, 1.54) is 37.3 Å². The van der Waals surface area contributed by atoms with Crippen LogP contribution in [0.5, 0.6) is 5.75 Å². The first-order chi connectivity index (χ1) is 12.9. The first kappa shape index (κ1) is 20.2. The first-order valence-electron chi connectivity index (χ1n) is 7.90. The fraction of sp³-hybridized carbons (Fsp3) is 0.167. The van der Waals surface area contributed by atoms with Gasteiger partial charge in [-0.25, -0.2) is 4.39 Å². The molecule has 2 aromatic rings. The molecule has 2 rings (SSSR count). The van der Waals surface area contributed by atoms with E-state index in [1.807, 2.05) is 0 Å². The molecule has 7 nitrogen and oxygen atoms in total. The smallest absolute Gasteiger partial charge is 0.279 e. The Balaban J connectivity index is 1.74. The maximum atomic E-state index is 12.8. The van der Waals surface area contributed by atoms with Gasteiger partial charge in [0.2, 0.25) is 0 Å². The van der Waals surface area contributed by atoms with E-state index in [0.29, 0.717) is 5.75 Å². The molecule has 0 spiro atoms. The number of hydrogen-bond acceptors (Lipinski definition) is 4. The Morgan fingerprint density at radius 2 is 1.74 bits per heavy atom. The zero-order valence-electron chi connectivity index (χ0n) is 14.3. The van der Waals surface area contributed by atoms with Crippen molar-refractivity contribution in [2.75, 3.05) is 6.54 Å². The molecule has 3 N–H and O–H groups in total. The van der Waals surface area contributed by atoms with E-state index in [1.54, 1.807) is 18.2 Å². The molecule has 0 aliphatic carbocycles. The number of rotatable bonds is 6. The molecular formula is C18H17ClFN3O4. The molecule has 0 bridgehead atoms. The first-order valence-corrected chi connectivity index (χ1v) is 8.28. The highest BCUT2D eigenvalue weighted by atomic mass is 35.5. The van der Waals surface area contributed by atoms with Crippen LogP contribution in [-0.2, 0) is 9.59 Å². The number of benzene rings is 2. The third-order valence-electron chi connectivity index (χ3n) is 3.35. The SMILES string of the molecule is C[C@@H](Oc1ccc(F)cc1)C(=O)NNC(=O)CNC(=O)c1ccccc1Cl. The van der Waals surface area contributed by atoms with Crippen LogP contribution < -0.4 is 20.9 Å².